The fourth-order valence-corrected chi connectivity index (χ4v) is 2.01. The molecule has 1 unspecified atom stereocenters. The van der Waals surface area contributed by atoms with E-state index in [-0.39, 0.29) is 13.2 Å². The summed E-state index contributed by atoms with van der Waals surface area (Å²) < 4.78 is 11.1. The zero-order valence-corrected chi connectivity index (χ0v) is 10.2. The molecule has 1 N–H and O–H groups in total. The van der Waals surface area contributed by atoms with Crippen LogP contribution >= 0.6 is 15.9 Å². The minimum Gasteiger partial charge on any atom is -0.480 e. The average Bonchev–Trinajstić information content (AvgIpc) is 2.72. The van der Waals surface area contributed by atoms with Gasteiger partial charge < -0.3 is 14.6 Å². The number of carboxylic acid groups (broad SMARTS) is 1. The van der Waals surface area contributed by atoms with Crippen molar-refractivity contribution in [1.82, 2.24) is 0 Å². The summed E-state index contributed by atoms with van der Waals surface area (Å²) in [6, 6.07) is 5.16. The quantitative estimate of drug-likeness (QED) is 0.922. The second-order valence-electron chi connectivity index (χ2n) is 3.52. The Morgan fingerprint density at radius 3 is 2.76 bits per heavy atom. The molecule has 0 saturated carbocycles. The van der Waals surface area contributed by atoms with Gasteiger partial charge in [-0.15, -0.1) is 0 Å². The third-order valence-corrected chi connectivity index (χ3v) is 3.16. The maximum atomic E-state index is 10.8. The number of benzene rings is 1. The monoisotopic (exact) mass is 297 g/mol. The summed E-state index contributed by atoms with van der Waals surface area (Å²) in [4.78, 5) is 10.8. The van der Waals surface area contributed by atoms with E-state index in [4.69, 9.17) is 19.8 Å². The number of nitrogens with zero attached hydrogens (tertiary/aromatic N) is 1. The molecule has 1 aromatic rings. The van der Waals surface area contributed by atoms with E-state index in [0.717, 1.165) is 0 Å². The molecule has 6 heteroatoms. The van der Waals surface area contributed by atoms with Crippen molar-refractivity contribution < 1.29 is 19.4 Å². The molecule has 5 nitrogen and oxygen atoms in total. The topological polar surface area (TPSA) is 79.5 Å². The highest BCUT2D eigenvalue weighted by molar-refractivity contribution is 9.10. The van der Waals surface area contributed by atoms with Gasteiger partial charge >= 0.3 is 5.97 Å². The van der Waals surface area contributed by atoms with E-state index in [2.05, 4.69) is 15.9 Å². The second-order valence-corrected chi connectivity index (χ2v) is 4.38. The third kappa shape index (κ3) is 2.34. The first-order chi connectivity index (χ1) is 8.11. The van der Waals surface area contributed by atoms with Crippen LogP contribution in [0.3, 0.4) is 0 Å². The van der Waals surface area contributed by atoms with Crippen LogP contribution in [0.25, 0.3) is 0 Å². The molecule has 88 valence electrons. The number of ether oxygens (including phenoxy) is 2. The van der Waals surface area contributed by atoms with Gasteiger partial charge in [-0.2, -0.15) is 5.26 Å². The molecule has 2 rings (SSSR count). The van der Waals surface area contributed by atoms with Crippen LogP contribution in [0.2, 0.25) is 0 Å². The number of hydrogen-bond acceptors (Lipinski definition) is 4. The van der Waals surface area contributed by atoms with Crippen LogP contribution in [-0.2, 0) is 11.2 Å². The first kappa shape index (κ1) is 11.7. The van der Waals surface area contributed by atoms with Crippen LogP contribution in [0.4, 0.5) is 0 Å². The van der Waals surface area contributed by atoms with Gasteiger partial charge in [0.25, 0.3) is 0 Å². The molecule has 0 radical (unpaired) electrons. The molecule has 1 aromatic carbocycles. The van der Waals surface area contributed by atoms with Gasteiger partial charge in [-0.1, -0.05) is 15.9 Å². The highest BCUT2D eigenvalue weighted by Crippen LogP contribution is 2.37. The van der Waals surface area contributed by atoms with Crippen molar-refractivity contribution >= 4 is 21.9 Å². The summed E-state index contributed by atoms with van der Waals surface area (Å²) >= 11 is 3.32. The largest absolute Gasteiger partial charge is 0.480 e. The van der Waals surface area contributed by atoms with E-state index in [0.29, 0.717) is 21.5 Å². The number of carbonyl (C=O) groups is 1. The molecule has 0 saturated heterocycles. The van der Waals surface area contributed by atoms with Crippen molar-refractivity contribution in [2.24, 2.45) is 5.92 Å². The lowest BCUT2D eigenvalue weighted by molar-refractivity contribution is -0.139. The number of rotatable bonds is 3. The summed E-state index contributed by atoms with van der Waals surface area (Å²) in [7, 11) is 0. The van der Waals surface area contributed by atoms with Gasteiger partial charge in [0.05, 0.1) is 6.07 Å². The van der Waals surface area contributed by atoms with Gasteiger partial charge in [0.15, 0.2) is 11.5 Å². The SMILES string of the molecule is N#CC(Cc1cc2c(cc1Br)OCO2)C(=O)O. The maximum Gasteiger partial charge on any atom is 0.321 e. The number of halogens is 1. The Morgan fingerprint density at radius 2 is 2.18 bits per heavy atom. The van der Waals surface area contributed by atoms with Gasteiger partial charge in [-0.05, 0) is 17.7 Å². The average molecular weight is 298 g/mol. The van der Waals surface area contributed by atoms with Crippen LogP contribution in [-0.4, -0.2) is 17.9 Å². The number of carboxylic acids is 1. The van der Waals surface area contributed by atoms with E-state index in [9.17, 15) is 4.79 Å². The number of nitriles is 1. The molecule has 17 heavy (non-hydrogen) atoms. The number of hydrogen-bond donors (Lipinski definition) is 1. The number of fused-ring (bicyclic) bond motifs is 1. The van der Waals surface area contributed by atoms with Crippen molar-refractivity contribution in [2.75, 3.05) is 6.79 Å². The lowest BCUT2D eigenvalue weighted by atomic mass is 10.0. The van der Waals surface area contributed by atoms with Gasteiger partial charge in [0.1, 0.15) is 5.92 Å². The summed E-state index contributed by atoms with van der Waals surface area (Å²) in [5, 5.41) is 17.6. The molecular weight excluding hydrogens is 290 g/mol. The van der Waals surface area contributed by atoms with Crippen LogP contribution < -0.4 is 9.47 Å². The predicted octanol–water partition coefficient (Wildman–Crippen LogP) is 1.94. The predicted molar refractivity (Wildman–Crippen MR) is 60.7 cm³/mol. The van der Waals surface area contributed by atoms with Gasteiger partial charge in [0.2, 0.25) is 6.79 Å². The van der Waals surface area contributed by atoms with E-state index in [1.54, 1.807) is 18.2 Å². The van der Waals surface area contributed by atoms with Crippen molar-refractivity contribution in [1.29, 1.82) is 5.26 Å². The molecule has 0 amide bonds. The van der Waals surface area contributed by atoms with Gasteiger partial charge in [-0.3, -0.25) is 4.79 Å². The normalized spacial score (nSPS) is 14.1. The van der Waals surface area contributed by atoms with Crippen molar-refractivity contribution in [3.05, 3.63) is 22.2 Å². The summed E-state index contributed by atoms with van der Waals surface area (Å²) in [5.74, 6) is -1.00. The Bertz CT molecular complexity index is 509. The van der Waals surface area contributed by atoms with Crippen LogP contribution in [0, 0.1) is 17.2 Å². The van der Waals surface area contributed by atoms with E-state index < -0.39 is 11.9 Å². The molecular formula is C11H8BrNO4. The van der Waals surface area contributed by atoms with E-state index in [1.165, 1.54) is 0 Å². The number of aliphatic carboxylic acids is 1. The molecule has 1 heterocycles. The Labute approximate surface area is 106 Å². The molecule has 1 atom stereocenters. The lowest BCUT2D eigenvalue weighted by Crippen LogP contribution is -2.14. The van der Waals surface area contributed by atoms with Crippen LogP contribution in [0.15, 0.2) is 16.6 Å². The fraction of sp³-hybridized carbons (Fsp3) is 0.273. The lowest BCUT2D eigenvalue weighted by Gasteiger charge is -2.07. The van der Waals surface area contributed by atoms with Gasteiger partial charge in [-0.25, -0.2) is 0 Å². The first-order valence-corrected chi connectivity index (χ1v) is 5.61. The van der Waals surface area contributed by atoms with Crippen LogP contribution in [0.1, 0.15) is 5.56 Å². The Hall–Kier alpha value is -1.74. The molecule has 0 fully saturated rings. The second kappa shape index (κ2) is 4.63. The highest BCUT2D eigenvalue weighted by Gasteiger charge is 2.22. The minimum absolute atomic E-state index is 0.128. The zero-order chi connectivity index (χ0) is 12.4. The summed E-state index contributed by atoms with van der Waals surface area (Å²) in [6.07, 6.45) is 0.128. The van der Waals surface area contributed by atoms with Crippen LogP contribution in [0.5, 0.6) is 11.5 Å². The summed E-state index contributed by atoms with van der Waals surface area (Å²) in [6.45, 7) is 0.159. The summed E-state index contributed by atoms with van der Waals surface area (Å²) in [5.41, 5.74) is 0.711. The Morgan fingerprint density at radius 1 is 1.53 bits per heavy atom. The van der Waals surface area contributed by atoms with Crippen molar-refractivity contribution in [3.8, 4) is 17.6 Å². The molecule has 1 aliphatic rings. The zero-order valence-electron chi connectivity index (χ0n) is 8.64. The third-order valence-electron chi connectivity index (χ3n) is 2.42. The van der Waals surface area contributed by atoms with E-state index in [1.807, 2.05) is 0 Å². The van der Waals surface area contributed by atoms with Gasteiger partial charge in [0, 0.05) is 10.9 Å². The molecule has 0 bridgehead atoms. The van der Waals surface area contributed by atoms with Crippen molar-refractivity contribution in [2.45, 2.75) is 6.42 Å². The minimum atomic E-state index is -1.13. The van der Waals surface area contributed by atoms with E-state index >= 15 is 0 Å². The molecule has 0 aromatic heterocycles. The maximum absolute atomic E-state index is 10.8. The Kier molecular flexibility index (Phi) is 3.20. The highest BCUT2D eigenvalue weighted by atomic mass is 79.9. The standard InChI is InChI=1S/C11H8BrNO4/c12-8-3-10-9(16-5-17-10)2-6(8)1-7(4-13)11(14)15/h2-3,7H,1,5H2,(H,14,15). The fourth-order valence-electron chi connectivity index (χ4n) is 1.52. The molecule has 1 aliphatic heterocycles. The first-order valence-electron chi connectivity index (χ1n) is 4.82. The van der Waals surface area contributed by atoms with Crippen molar-refractivity contribution in [3.63, 3.8) is 0 Å². The molecule has 0 aliphatic carbocycles. The molecule has 0 spiro atoms. The smallest absolute Gasteiger partial charge is 0.321 e. The Balaban J connectivity index is 2.28.